The Bertz CT molecular complexity index is 1280. The van der Waals surface area contributed by atoms with E-state index < -0.39 is 0 Å². The van der Waals surface area contributed by atoms with Gasteiger partial charge in [0.2, 0.25) is 11.9 Å². The highest BCUT2D eigenvalue weighted by molar-refractivity contribution is 5.84. The van der Waals surface area contributed by atoms with Gasteiger partial charge in [-0.3, -0.25) is 4.79 Å². The van der Waals surface area contributed by atoms with Crippen molar-refractivity contribution in [2.45, 2.75) is 51.0 Å². The average Bonchev–Trinajstić information content (AvgIpc) is 3.47. The molecule has 3 fully saturated rings. The minimum absolute atomic E-state index is 0.109. The second-order valence-corrected chi connectivity index (χ2v) is 10.7. The molecule has 39 heavy (non-hydrogen) atoms. The third-order valence-electron chi connectivity index (χ3n) is 8.18. The number of hydrogen-bond acceptors (Lipinski definition) is 9. The summed E-state index contributed by atoms with van der Waals surface area (Å²) in [5.74, 6) is 2.33. The zero-order chi connectivity index (χ0) is 26.6. The molecule has 0 unspecified atom stereocenters. The summed E-state index contributed by atoms with van der Waals surface area (Å²) in [4.78, 5) is 34.2. The van der Waals surface area contributed by atoms with Gasteiger partial charge in [-0.15, -0.1) is 0 Å². The smallest absolute Gasteiger partial charge is 0.231 e. The van der Waals surface area contributed by atoms with Gasteiger partial charge < -0.3 is 34.9 Å². The number of benzene rings is 1. The lowest BCUT2D eigenvalue weighted by Crippen LogP contribution is -2.51. The fourth-order valence-corrected chi connectivity index (χ4v) is 5.92. The maximum absolute atomic E-state index is 12.9. The van der Waals surface area contributed by atoms with Crippen LogP contribution in [0.2, 0.25) is 0 Å². The lowest BCUT2D eigenvalue weighted by molar-refractivity contribution is -0.138. The summed E-state index contributed by atoms with van der Waals surface area (Å²) < 4.78 is 11.2. The van der Waals surface area contributed by atoms with Crippen molar-refractivity contribution in [3.63, 3.8) is 0 Å². The number of carbonyl (C=O) groups is 1. The number of hydrogen-bond donors (Lipinski definition) is 3. The van der Waals surface area contributed by atoms with E-state index in [9.17, 15) is 4.79 Å². The Hall–Kier alpha value is -3.60. The molecule has 3 N–H and O–H groups in total. The van der Waals surface area contributed by atoms with Gasteiger partial charge in [0.25, 0.3) is 0 Å². The fraction of sp³-hybridized carbons (Fsp3) is 0.571. The third-order valence-corrected chi connectivity index (χ3v) is 8.18. The topological polar surface area (TPSA) is 121 Å². The molecule has 208 valence electrons. The second kappa shape index (κ2) is 11.6. The predicted octanol–water partition coefficient (Wildman–Crippen LogP) is 3.92. The number of nitrogens with one attached hydrogen (secondary N) is 3. The third kappa shape index (κ3) is 5.73. The number of rotatable bonds is 7. The van der Waals surface area contributed by atoms with Crippen LogP contribution in [0.1, 0.15) is 44.9 Å². The van der Waals surface area contributed by atoms with Crippen LogP contribution in [0.5, 0.6) is 5.75 Å². The molecule has 1 aromatic carbocycles. The number of anilines is 4. The average molecular weight is 535 g/mol. The van der Waals surface area contributed by atoms with E-state index in [1.807, 2.05) is 17.0 Å². The van der Waals surface area contributed by atoms with E-state index in [1.165, 1.54) is 19.3 Å². The predicted molar refractivity (Wildman–Crippen MR) is 151 cm³/mol. The summed E-state index contributed by atoms with van der Waals surface area (Å²) in [6, 6.07) is 6.52. The number of ether oxygens (including phenoxy) is 2. The quantitative estimate of drug-likeness (QED) is 0.414. The Kier molecular flexibility index (Phi) is 7.67. The van der Waals surface area contributed by atoms with Gasteiger partial charge in [0.05, 0.1) is 19.1 Å². The standard InChI is InChI=1S/C28H38N8O3/c1-38-23-17-21(35-11-13-36(14-12-35)27(37)19-9-15-39-16-10-19)7-8-22(23)32-28-33-25-24(29-18-30-25)26(34-28)31-20-5-3-2-4-6-20/h7-8,17-20H,2-6,9-16H2,1H3,(H3,29,30,31,32,33,34). The molecule has 11 nitrogen and oxygen atoms in total. The number of amides is 1. The van der Waals surface area contributed by atoms with Gasteiger partial charge in [-0.2, -0.15) is 9.97 Å². The first-order valence-electron chi connectivity index (χ1n) is 14.2. The van der Waals surface area contributed by atoms with Crippen LogP contribution in [0, 0.1) is 5.92 Å². The molecule has 0 radical (unpaired) electrons. The molecule has 2 saturated heterocycles. The summed E-state index contributed by atoms with van der Waals surface area (Å²) in [6.07, 6.45) is 9.39. The first-order chi connectivity index (χ1) is 19.2. The van der Waals surface area contributed by atoms with E-state index in [2.05, 4.69) is 36.6 Å². The number of nitrogens with zero attached hydrogens (tertiary/aromatic N) is 5. The highest BCUT2D eigenvalue weighted by atomic mass is 16.5. The zero-order valence-electron chi connectivity index (χ0n) is 22.6. The number of methoxy groups -OCH3 is 1. The molecule has 2 aromatic heterocycles. The molecule has 6 rings (SSSR count). The first kappa shape index (κ1) is 25.7. The molecule has 1 aliphatic carbocycles. The molecular formula is C28H38N8O3. The lowest BCUT2D eigenvalue weighted by Gasteiger charge is -2.38. The highest BCUT2D eigenvalue weighted by Gasteiger charge is 2.29. The zero-order valence-corrected chi connectivity index (χ0v) is 22.6. The van der Waals surface area contributed by atoms with Gasteiger partial charge in [0.15, 0.2) is 11.5 Å². The minimum atomic E-state index is 0.109. The van der Waals surface area contributed by atoms with Crippen molar-refractivity contribution in [2.75, 3.05) is 62.0 Å². The van der Waals surface area contributed by atoms with Gasteiger partial charge in [0.1, 0.15) is 11.3 Å². The molecule has 2 aliphatic heterocycles. The fourth-order valence-electron chi connectivity index (χ4n) is 5.92. The monoisotopic (exact) mass is 534 g/mol. The van der Waals surface area contributed by atoms with Crippen LogP contribution in [-0.2, 0) is 9.53 Å². The maximum atomic E-state index is 12.9. The first-order valence-corrected chi connectivity index (χ1v) is 14.2. The Labute approximate surface area is 228 Å². The van der Waals surface area contributed by atoms with E-state index in [0.717, 1.165) is 74.6 Å². The van der Waals surface area contributed by atoms with Crippen molar-refractivity contribution < 1.29 is 14.3 Å². The van der Waals surface area contributed by atoms with Gasteiger partial charge in [-0.25, -0.2) is 4.98 Å². The lowest BCUT2D eigenvalue weighted by atomic mass is 9.95. The van der Waals surface area contributed by atoms with Crippen LogP contribution >= 0.6 is 0 Å². The van der Waals surface area contributed by atoms with Crippen molar-refractivity contribution in [1.29, 1.82) is 0 Å². The molecule has 4 heterocycles. The van der Waals surface area contributed by atoms with E-state index >= 15 is 0 Å². The summed E-state index contributed by atoms with van der Waals surface area (Å²) in [5.41, 5.74) is 3.30. The Morgan fingerprint density at radius 1 is 1.05 bits per heavy atom. The number of piperazine rings is 1. The Morgan fingerprint density at radius 3 is 2.62 bits per heavy atom. The van der Waals surface area contributed by atoms with E-state index in [-0.39, 0.29) is 11.8 Å². The normalized spacial score (nSPS) is 19.3. The van der Waals surface area contributed by atoms with Crippen LogP contribution in [0.4, 0.5) is 23.1 Å². The molecule has 3 aliphatic rings. The van der Waals surface area contributed by atoms with Crippen LogP contribution < -0.4 is 20.3 Å². The summed E-state index contributed by atoms with van der Waals surface area (Å²) >= 11 is 0. The molecule has 1 saturated carbocycles. The van der Waals surface area contributed by atoms with Crippen LogP contribution in [-0.4, -0.2) is 83.3 Å². The molecule has 11 heteroatoms. The van der Waals surface area contributed by atoms with Crippen molar-refractivity contribution in [2.24, 2.45) is 5.92 Å². The number of aromatic amines is 1. The number of aromatic nitrogens is 4. The minimum Gasteiger partial charge on any atom is -0.494 e. The highest BCUT2D eigenvalue weighted by Crippen LogP contribution is 2.33. The van der Waals surface area contributed by atoms with Crippen molar-refractivity contribution in [3.05, 3.63) is 24.5 Å². The largest absolute Gasteiger partial charge is 0.494 e. The summed E-state index contributed by atoms with van der Waals surface area (Å²) in [6.45, 7) is 4.42. The number of carbonyl (C=O) groups excluding carboxylic acids is 1. The Morgan fingerprint density at radius 2 is 1.85 bits per heavy atom. The van der Waals surface area contributed by atoms with Gasteiger partial charge in [-0.1, -0.05) is 19.3 Å². The summed E-state index contributed by atoms with van der Waals surface area (Å²) in [5, 5.41) is 6.96. The molecule has 0 spiro atoms. The second-order valence-electron chi connectivity index (χ2n) is 10.7. The van der Waals surface area contributed by atoms with Crippen LogP contribution in [0.15, 0.2) is 24.5 Å². The summed E-state index contributed by atoms with van der Waals surface area (Å²) in [7, 11) is 1.67. The molecule has 1 amide bonds. The van der Waals surface area contributed by atoms with E-state index in [4.69, 9.17) is 14.5 Å². The molecule has 3 aromatic rings. The SMILES string of the molecule is COc1cc(N2CCN(C(=O)C3CCOCC3)CC2)ccc1Nc1nc(NC2CCCCC2)c2nc[nH]c2n1. The van der Waals surface area contributed by atoms with Gasteiger partial charge >= 0.3 is 0 Å². The van der Waals surface area contributed by atoms with Gasteiger partial charge in [0, 0.05) is 63.1 Å². The maximum Gasteiger partial charge on any atom is 0.231 e. The van der Waals surface area contributed by atoms with Crippen LogP contribution in [0.25, 0.3) is 11.2 Å². The number of imidazole rings is 1. The van der Waals surface area contributed by atoms with Gasteiger partial charge in [-0.05, 0) is 37.8 Å². The number of H-pyrrole nitrogens is 1. The van der Waals surface area contributed by atoms with Crippen molar-refractivity contribution >= 4 is 40.2 Å². The molecule has 0 atom stereocenters. The van der Waals surface area contributed by atoms with Crippen molar-refractivity contribution in [1.82, 2.24) is 24.8 Å². The molecular weight excluding hydrogens is 496 g/mol. The van der Waals surface area contributed by atoms with E-state index in [1.54, 1.807) is 13.4 Å². The Balaban J connectivity index is 1.14. The van der Waals surface area contributed by atoms with Crippen LogP contribution in [0.3, 0.4) is 0 Å². The number of fused-ring (bicyclic) bond motifs is 1. The molecule has 0 bridgehead atoms. The van der Waals surface area contributed by atoms with Crippen molar-refractivity contribution in [3.8, 4) is 5.75 Å². The van der Waals surface area contributed by atoms with E-state index in [0.29, 0.717) is 36.6 Å².